The van der Waals surface area contributed by atoms with Gasteiger partial charge in [0.2, 0.25) is 53.2 Å². The third-order valence-electron chi connectivity index (χ3n) is 19.0. The predicted molar refractivity (Wildman–Crippen MR) is 380 cm³/mol. The standard InChI is InChI=1S/C70H111N15O23/c1-8-38(6)54(75-39(7)88)67(103)79-46(28-36(2)3)63(99)76-44(15-9-10-23-71)62(98)77-45(21-22-52(90)91)68(104)85-26-11-16-49(85)65(101)81-53(37(4)5)66(102)80-47(29-40-17-19-43(89)20-18-40)64(100)78-48(30-42-31-72-35-74-42)61(97)73-24-13-25-84-32-41(82-83-84)14-12-27-105-69-59(96)57(94)60(51(34-87)107-69)108-70-58(95)56(93)55(92)50(33-86)106-70/h17-20,31-32,35-38,44-51,53-60,69-70,86-87,89,92-96H,8-16,21-30,33-34,71H2,1-7H3,(H,72,74)(H,73,97)(H,75,88)(H,76,99)(H,77,98)(H,78,100)(H,79,103)(H,80,102)(H,81,101)(H,90,91)/t38-,44-,45-,46-,47-,48-,49-,50+,51+,53-,54-,55-,56-,57+,58+,59+,60+,69+,70-/m0/s1. The molecule has 3 aliphatic heterocycles. The normalized spacial score (nSPS) is 23.7. The first-order valence-corrected chi connectivity index (χ1v) is 36.8. The number of nitrogens with one attached hydrogen (secondary N) is 9. The Hall–Kier alpha value is -8.41. The van der Waals surface area contributed by atoms with E-state index in [4.69, 9.17) is 24.7 Å². The van der Waals surface area contributed by atoms with Gasteiger partial charge >= 0.3 is 5.97 Å². The highest BCUT2D eigenvalue weighted by atomic mass is 16.7. The number of aliphatic hydroxyl groups excluding tert-OH is 7. The van der Waals surface area contributed by atoms with E-state index in [2.05, 4.69) is 62.8 Å². The Bertz CT molecular complexity index is 3370. The number of aryl methyl sites for hydroxylation is 2. The number of amides is 9. The minimum Gasteiger partial charge on any atom is -0.508 e. The summed E-state index contributed by atoms with van der Waals surface area (Å²) in [5.41, 5.74) is 7.29. The number of phenols is 1. The van der Waals surface area contributed by atoms with Crippen LogP contribution in [0, 0.1) is 17.8 Å². The molecule has 1 aromatic carbocycles. The van der Waals surface area contributed by atoms with Crippen LogP contribution in [0.4, 0.5) is 0 Å². The number of phenolic OH excluding ortho intramolecular Hbond substituents is 1. The van der Waals surface area contributed by atoms with Gasteiger partial charge in [0.25, 0.3) is 0 Å². The van der Waals surface area contributed by atoms with Crippen LogP contribution in [0.3, 0.4) is 0 Å². The predicted octanol–water partition coefficient (Wildman–Crippen LogP) is -4.58. The molecule has 0 bridgehead atoms. The molecule has 9 amide bonds. The highest BCUT2D eigenvalue weighted by molar-refractivity contribution is 5.98. The van der Waals surface area contributed by atoms with E-state index in [0.29, 0.717) is 55.5 Å². The molecule has 604 valence electrons. The molecule has 19 atom stereocenters. The number of carbonyl (C=O) groups excluding carboxylic acids is 9. The number of rotatable bonds is 44. The number of aliphatic carboxylic acids is 1. The Morgan fingerprint density at radius 2 is 1.32 bits per heavy atom. The van der Waals surface area contributed by atoms with E-state index in [-0.39, 0.29) is 88.9 Å². The van der Waals surface area contributed by atoms with Crippen LogP contribution < -0.4 is 48.3 Å². The summed E-state index contributed by atoms with van der Waals surface area (Å²) in [4.78, 5) is 147. The summed E-state index contributed by atoms with van der Waals surface area (Å²) in [6.07, 6.45) is -10.00. The number of H-pyrrole nitrogens is 1. The van der Waals surface area contributed by atoms with Gasteiger partial charge < -0.3 is 123 Å². The van der Waals surface area contributed by atoms with Gasteiger partial charge in [-0.25, -0.2) is 4.98 Å². The lowest BCUT2D eigenvalue weighted by molar-refractivity contribution is -0.359. The molecule has 38 heteroatoms. The lowest BCUT2D eigenvalue weighted by Crippen LogP contribution is -2.64. The first-order valence-electron chi connectivity index (χ1n) is 36.8. The van der Waals surface area contributed by atoms with Crippen LogP contribution in [-0.2, 0) is 92.7 Å². The van der Waals surface area contributed by atoms with E-state index < -0.39 is 201 Å². The molecule has 0 spiro atoms. The summed E-state index contributed by atoms with van der Waals surface area (Å²) in [6, 6.07) is -4.44. The van der Waals surface area contributed by atoms with Crippen molar-refractivity contribution in [2.24, 2.45) is 23.5 Å². The zero-order valence-electron chi connectivity index (χ0n) is 62.1. The highest BCUT2D eigenvalue weighted by Crippen LogP contribution is 2.30. The number of nitrogens with zero attached hydrogens (tertiary/aromatic N) is 5. The molecule has 20 N–H and O–H groups in total. The third kappa shape index (κ3) is 26.4. The number of aromatic amines is 1. The fraction of sp³-hybridized carbons (Fsp3) is 0.700. The maximum absolute atomic E-state index is 14.7. The number of carboxylic acids is 1. The van der Waals surface area contributed by atoms with Crippen LogP contribution in [-0.4, -0.2) is 284 Å². The third-order valence-corrected chi connectivity index (χ3v) is 19.0. The van der Waals surface area contributed by atoms with Gasteiger partial charge in [-0.1, -0.05) is 65.3 Å². The van der Waals surface area contributed by atoms with Crippen LogP contribution in [0.5, 0.6) is 5.75 Å². The number of carbonyl (C=O) groups is 10. The SMILES string of the molecule is CC[C@H](C)[C@H](NC(C)=O)C(=O)N[C@@H](CC(C)C)C(=O)N[C@@H](CCCCN)C(=O)N[C@@H](CCC(=O)O)C(=O)N1CCC[C@H]1C(=O)N[C@H](C(=O)N[C@@H](Cc1ccc(O)cc1)C(=O)N[C@@H](Cc1cnc[nH]1)C(=O)NCCCn1cc(CCCO[C@@H]2O[C@H](CO)[C@@H](O[C@@H]3O[C@H](CO)[C@H](O)[C@H](O)[C@H]3O)[C@H](O)[C@H]2O)nn1)C(C)C. The number of imidazole rings is 1. The monoisotopic (exact) mass is 1530 g/mol. The van der Waals surface area contributed by atoms with E-state index in [1.807, 2.05) is 20.8 Å². The fourth-order valence-corrected chi connectivity index (χ4v) is 12.7. The van der Waals surface area contributed by atoms with Crippen LogP contribution in [0.1, 0.15) is 136 Å². The zero-order chi connectivity index (χ0) is 79.5. The van der Waals surface area contributed by atoms with Crippen molar-refractivity contribution in [2.75, 3.05) is 39.5 Å². The minimum absolute atomic E-state index is 0.0116. The number of carboxylic acid groups (broad SMARTS) is 1. The van der Waals surface area contributed by atoms with Crippen LogP contribution >= 0.6 is 0 Å². The van der Waals surface area contributed by atoms with E-state index in [9.17, 15) is 93.9 Å². The van der Waals surface area contributed by atoms with Gasteiger partial charge in [-0.3, -0.25) is 52.6 Å². The molecule has 3 aliphatic rings. The Labute approximate surface area is 625 Å². The van der Waals surface area contributed by atoms with Gasteiger partial charge in [0.05, 0.1) is 31.8 Å². The minimum atomic E-state index is -1.83. The van der Waals surface area contributed by atoms with Crippen molar-refractivity contribution in [3.63, 3.8) is 0 Å². The Kier molecular flexibility index (Phi) is 35.8. The molecular formula is C70H111N15O23. The van der Waals surface area contributed by atoms with Crippen molar-refractivity contribution in [1.82, 2.24) is 72.4 Å². The molecular weight excluding hydrogens is 1420 g/mol. The first kappa shape index (κ1) is 88.5. The van der Waals surface area contributed by atoms with Crippen LogP contribution in [0.25, 0.3) is 0 Å². The van der Waals surface area contributed by atoms with Crippen molar-refractivity contribution in [2.45, 2.75) is 255 Å². The maximum atomic E-state index is 14.7. The van der Waals surface area contributed by atoms with Gasteiger partial charge in [0, 0.05) is 63.9 Å². The molecule has 0 aliphatic carbocycles. The number of hydrogen-bond donors (Lipinski definition) is 19. The van der Waals surface area contributed by atoms with Crippen LogP contribution in [0.15, 0.2) is 43.0 Å². The number of aromatic nitrogens is 5. The number of nitrogens with two attached hydrogens (primary N) is 1. The Morgan fingerprint density at radius 3 is 1.96 bits per heavy atom. The molecule has 108 heavy (non-hydrogen) atoms. The van der Waals surface area contributed by atoms with Gasteiger partial charge in [0.1, 0.15) is 103 Å². The molecule has 3 aromatic rings. The number of unbranched alkanes of at least 4 members (excludes halogenated alkanes) is 1. The second kappa shape index (κ2) is 43.7. The largest absolute Gasteiger partial charge is 0.508 e. The zero-order valence-corrected chi connectivity index (χ0v) is 62.1. The van der Waals surface area contributed by atoms with Crippen LogP contribution in [0.2, 0.25) is 0 Å². The number of likely N-dealkylation sites (tertiary alicyclic amines) is 1. The molecule has 38 nitrogen and oxygen atoms in total. The van der Waals surface area contributed by atoms with E-state index in [1.54, 1.807) is 31.6 Å². The highest BCUT2D eigenvalue weighted by Gasteiger charge is 2.51. The Balaban J connectivity index is 1.07. The number of aromatic hydroxyl groups is 1. The van der Waals surface area contributed by atoms with Crippen molar-refractivity contribution in [1.29, 1.82) is 0 Å². The summed E-state index contributed by atoms with van der Waals surface area (Å²) in [5, 5.41) is 122. The van der Waals surface area contributed by atoms with E-state index >= 15 is 0 Å². The first-order chi connectivity index (χ1) is 51.4. The second-order valence-electron chi connectivity index (χ2n) is 28.4. The average Bonchev–Trinajstić information content (AvgIpc) is 0.869. The van der Waals surface area contributed by atoms with E-state index in [1.165, 1.54) is 48.6 Å². The molecule has 3 saturated heterocycles. The summed E-state index contributed by atoms with van der Waals surface area (Å²) in [7, 11) is 0. The van der Waals surface area contributed by atoms with Gasteiger partial charge in [-0.15, -0.1) is 5.10 Å². The van der Waals surface area contributed by atoms with Crippen molar-refractivity contribution in [3.05, 3.63) is 59.9 Å². The van der Waals surface area contributed by atoms with Crippen molar-refractivity contribution >= 4 is 59.1 Å². The average molecular weight is 1530 g/mol. The molecule has 0 saturated carbocycles. The lowest BCUT2D eigenvalue weighted by atomic mass is 9.96. The summed E-state index contributed by atoms with van der Waals surface area (Å²) < 4.78 is 23.9. The summed E-state index contributed by atoms with van der Waals surface area (Å²) in [6.45, 7) is 10.9. The number of benzene rings is 1. The second-order valence-corrected chi connectivity index (χ2v) is 28.4. The van der Waals surface area contributed by atoms with Crippen molar-refractivity contribution < 1.29 is 113 Å². The number of ether oxygens (including phenoxy) is 4. The number of aliphatic hydroxyl groups is 7. The van der Waals surface area contributed by atoms with E-state index in [0.717, 1.165) is 0 Å². The smallest absolute Gasteiger partial charge is 0.303 e. The van der Waals surface area contributed by atoms with Crippen molar-refractivity contribution in [3.8, 4) is 5.75 Å². The topological polar surface area (TPSA) is 575 Å². The maximum Gasteiger partial charge on any atom is 0.303 e. The summed E-state index contributed by atoms with van der Waals surface area (Å²) in [5.74, 6) is -8.96. The molecule has 0 radical (unpaired) electrons. The lowest BCUT2D eigenvalue weighted by Gasteiger charge is -2.45. The van der Waals surface area contributed by atoms with Gasteiger partial charge in [0.15, 0.2) is 12.6 Å². The molecule has 0 unspecified atom stereocenters. The number of hydrogen-bond acceptors (Lipinski definition) is 26. The molecule has 5 heterocycles. The quantitative estimate of drug-likeness (QED) is 0.0237. The fourth-order valence-electron chi connectivity index (χ4n) is 12.7. The molecule has 3 fully saturated rings. The molecule has 2 aromatic heterocycles. The summed E-state index contributed by atoms with van der Waals surface area (Å²) >= 11 is 0. The Morgan fingerprint density at radius 1 is 0.694 bits per heavy atom. The van der Waals surface area contributed by atoms with Gasteiger partial charge in [-0.2, -0.15) is 0 Å². The van der Waals surface area contributed by atoms with Gasteiger partial charge in [-0.05, 0) is 106 Å². The molecule has 6 rings (SSSR count).